The molecular weight excluding hydrogens is 448 g/mol. The first-order valence-corrected chi connectivity index (χ1v) is 11.5. The molecule has 1 saturated heterocycles. The molecule has 2 amide bonds. The summed E-state index contributed by atoms with van der Waals surface area (Å²) < 4.78 is 5.44. The fraction of sp³-hybridized carbons (Fsp3) is 0.261. The van der Waals surface area contributed by atoms with E-state index < -0.39 is 0 Å². The molecule has 3 aromatic rings. The van der Waals surface area contributed by atoms with Crippen LogP contribution in [0.15, 0.2) is 54.6 Å². The largest absolute Gasteiger partial charge is 0.379 e. The summed E-state index contributed by atoms with van der Waals surface area (Å²) in [6.07, 6.45) is 0. The molecule has 1 aliphatic rings. The number of hydrogen-bond acceptors (Lipinski definition) is 6. The lowest BCUT2D eigenvalue weighted by Crippen LogP contribution is -2.35. The average molecular weight is 471 g/mol. The normalized spacial score (nSPS) is 14.2. The summed E-state index contributed by atoms with van der Waals surface area (Å²) in [6.45, 7) is 3.76. The minimum atomic E-state index is -0.339. The lowest BCUT2D eigenvalue weighted by molar-refractivity contribution is -0.115. The number of benzene rings is 2. The number of carbonyl (C=O) groups excluding carboxylic acids is 2. The molecule has 1 fully saturated rings. The number of amides is 2. The Hall–Kier alpha value is -2.78. The van der Waals surface area contributed by atoms with Gasteiger partial charge in [0.1, 0.15) is 0 Å². The van der Waals surface area contributed by atoms with Gasteiger partial charge in [-0.2, -0.15) is 0 Å². The van der Waals surface area contributed by atoms with Gasteiger partial charge in [0.05, 0.1) is 25.5 Å². The van der Waals surface area contributed by atoms with Gasteiger partial charge in [-0.1, -0.05) is 53.3 Å². The number of halogens is 1. The van der Waals surface area contributed by atoms with E-state index in [4.69, 9.17) is 16.3 Å². The molecule has 9 heteroatoms. The summed E-state index contributed by atoms with van der Waals surface area (Å²) in [5.41, 5.74) is 2.31. The molecule has 0 aliphatic carbocycles. The van der Waals surface area contributed by atoms with E-state index in [1.165, 1.54) is 11.3 Å². The number of rotatable bonds is 7. The van der Waals surface area contributed by atoms with Gasteiger partial charge >= 0.3 is 0 Å². The monoisotopic (exact) mass is 470 g/mol. The lowest BCUT2D eigenvalue weighted by Gasteiger charge is -2.26. The summed E-state index contributed by atoms with van der Waals surface area (Å²) in [7, 11) is 0. The van der Waals surface area contributed by atoms with E-state index in [-0.39, 0.29) is 18.4 Å². The Morgan fingerprint density at radius 2 is 1.78 bits per heavy atom. The van der Waals surface area contributed by atoms with Crippen molar-refractivity contribution in [2.75, 3.05) is 38.2 Å². The number of morpholine rings is 1. The van der Waals surface area contributed by atoms with Crippen LogP contribution in [0.3, 0.4) is 0 Å². The van der Waals surface area contributed by atoms with Gasteiger partial charge in [0, 0.05) is 40.7 Å². The van der Waals surface area contributed by atoms with Gasteiger partial charge in [0.15, 0.2) is 5.13 Å². The first-order valence-electron chi connectivity index (χ1n) is 10.3. The van der Waals surface area contributed by atoms with Crippen LogP contribution in [0.1, 0.15) is 15.2 Å². The van der Waals surface area contributed by atoms with Crippen LogP contribution in [0.5, 0.6) is 0 Å². The van der Waals surface area contributed by atoms with Gasteiger partial charge < -0.3 is 15.4 Å². The van der Waals surface area contributed by atoms with E-state index in [2.05, 4.69) is 20.5 Å². The number of nitrogens with zero attached hydrogens (tertiary/aromatic N) is 2. The van der Waals surface area contributed by atoms with Gasteiger partial charge in [-0.05, 0) is 24.3 Å². The summed E-state index contributed by atoms with van der Waals surface area (Å²) >= 11 is 7.30. The van der Waals surface area contributed by atoms with E-state index in [1.807, 2.05) is 30.3 Å². The van der Waals surface area contributed by atoms with Gasteiger partial charge in [-0.3, -0.25) is 14.5 Å². The van der Waals surface area contributed by atoms with E-state index >= 15 is 0 Å². The highest BCUT2D eigenvalue weighted by Gasteiger charge is 2.19. The third-order valence-electron chi connectivity index (χ3n) is 4.98. The lowest BCUT2D eigenvalue weighted by atomic mass is 10.1. The number of thiazole rings is 1. The highest BCUT2D eigenvalue weighted by Crippen LogP contribution is 2.32. The first kappa shape index (κ1) is 22.4. The summed E-state index contributed by atoms with van der Waals surface area (Å²) in [5, 5.41) is 6.49. The number of aromatic nitrogens is 1. The Bertz CT molecular complexity index is 1070. The molecule has 166 valence electrons. The molecule has 2 aromatic carbocycles. The Labute approximate surface area is 195 Å². The Morgan fingerprint density at radius 1 is 1.06 bits per heavy atom. The van der Waals surface area contributed by atoms with Crippen molar-refractivity contribution < 1.29 is 14.3 Å². The highest BCUT2D eigenvalue weighted by molar-refractivity contribution is 7.16. The minimum absolute atomic E-state index is 0.152. The summed E-state index contributed by atoms with van der Waals surface area (Å²) in [5.74, 6) is -0.674. The molecule has 4 rings (SSSR count). The van der Waals surface area contributed by atoms with Gasteiger partial charge in [-0.25, -0.2) is 4.98 Å². The number of anilines is 1. The number of nitrogens with one attached hydrogen (secondary N) is 2. The van der Waals surface area contributed by atoms with Crippen molar-refractivity contribution in [3.63, 3.8) is 0 Å². The SMILES string of the molecule is O=C(CNC(=O)c1ccc(Cl)cc1)Nc1nc(-c2ccccc2)c(CN2CCOCC2)s1. The van der Waals surface area contributed by atoms with Crippen molar-refractivity contribution in [1.29, 1.82) is 0 Å². The zero-order chi connectivity index (χ0) is 22.3. The summed E-state index contributed by atoms with van der Waals surface area (Å²) in [6, 6.07) is 16.4. The predicted molar refractivity (Wildman–Crippen MR) is 126 cm³/mol. The fourth-order valence-electron chi connectivity index (χ4n) is 3.32. The Kier molecular flexibility index (Phi) is 7.49. The standard InChI is InChI=1S/C23H23ClN4O3S/c24-18-8-6-17(7-9-18)22(30)25-14-20(29)26-23-27-21(16-4-2-1-3-5-16)19(32-23)15-28-10-12-31-13-11-28/h1-9H,10-15H2,(H,25,30)(H,26,27,29). The molecule has 0 bridgehead atoms. The van der Waals surface area contributed by atoms with Crippen LogP contribution in [-0.2, 0) is 16.1 Å². The molecule has 0 spiro atoms. The van der Waals surface area contributed by atoms with Crippen LogP contribution in [0.25, 0.3) is 11.3 Å². The second-order valence-electron chi connectivity index (χ2n) is 7.28. The highest BCUT2D eigenvalue weighted by atomic mass is 35.5. The molecule has 7 nitrogen and oxygen atoms in total. The summed E-state index contributed by atoms with van der Waals surface area (Å²) in [4.78, 5) is 32.7. The molecule has 0 saturated carbocycles. The molecule has 1 aliphatic heterocycles. The molecule has 0 unspecified atom stereocenters. The van der Waals surface area contributed by atoms with Crippen LogP contribution >= 0.6 is 22.9 Å². The smallest absolute Gasteiger partial charge is 0.251 e. The fourth-order valence-corrected chi connectivity index (χ4v) is 4.49. The van der Waals surface area contributed by atoms with E-state index in [0.717, 1.165) is 49.0 Å². The van der Waals surface area contributed by atoms with E-state index in [0.29, 0.717) is 15.7 Å². The van der Waals surface area contributed by atoms with Crippen molar-refractivity contribution in [3.8, 4) is 11.3 Å². The Balaban J connectivity index is 1.42. The van der Waals surface area contributed by atoms with Crippen molar-refractivity contribution >= 4 is 39.9 Å². The van der Waals surface area contributed by atoms with Gasteiger partial charge in [0.2, 0.25) is 5.91 Å². The number of hydrogen-bond donors (Lipinski definition) is 2. The molecule has 0 atom stereocenters. The number of ether oxygens (including phenoxy) is 1. The molecule has 1 aromatic heterocycles. The van der Waals surface area contributed by atoms with Gasteiger partial charge in [0.25, 0.3) is 5.91 Å². The quantitative estimate of drug-likeness (QED) is 0.550. The third kappa shape index (κ3) is 5.92. The topological polar surface area (TPSA) is 83.6 Å². The van der Waals surface area contributed by atoms with E-state index in [9.17, 15) is 9.59 Å². The molecule has 2 N–H and O–H groups in total. The maximum absolute atomic E-state index is 12.4. The van der Waals surface area contributed by atoms with Crippen LogP contribution in [0, 0.1) is 0 Å². The van der Waals surface area contributed by atoms with Crippen molar-refractivity contribution in [2.24, 2.45) is 0 Å². The van der Waals surface area contributed by atoms with Crippen molar-refractivity contribution in [2.45, 2.75) is 6.54 Å². The van der Waals surface area contributed by atoms with Gasteiger partial charge in [-0.15, -0.1) is 0 Å². The second-order valence-corrected chi connectivity index (χ2v) is 8.80. The predicted octanol–water partition coefficient (Wildman–Crippen LogP) is 3.66. The maximum atomic E-state index is 12.4. The van der Waals surface area contributed by atoms with Crippen LogP contribution < -0.4 is 10.6 Å². The number of carbonyl (C=O) groups is 2. The zero-order valence-electron chi connectivity index (χ0n) is 17.3. The van der Waals surface area contributed by atoms with Crippen molar-refractivity contribution in [1.82, 2.24) is 15.2 Å². The Morgan fingerprint density at radius 3 is 2.50 bits per heavy atom. The molecule has 0 radical (unpaired) electrons. The molecule has 2 heterocycles. The van der Waals surface area contributed by atoms with E-state index in [1.54, 1.807) is 24.3 Å². The third-order valence-corrected chi connectivity index (χ3v) is 6.19. The van der Waals surface area contributed by atoms with Crippen molar-refractivity contribution in [3.05, 3.63) is 70.1 Å². The maximum Gasteiger partial charge on any atom is 0.251 e. The zero-order valence-corrected chi connectivity index (χ0v) is 18.9. The average Bonchev–Trinajstić information content (AvgIpc) is 3.21. The van der Waals surface area contributed by atoms with Crippen LogP contribution in [0.2, 0.25) is 5.02 Å². The minimum Gasteiger partial charge on any atom is -0.379 e. The van der Waals surface area contributed by atoms with Crippen LogP contribution in [0.4, 0.5) is 5.13 Å². The molecular formula is C23H23ClN4O3S. The molecule has 32 heavy (non-hydrogen) atoms. The first-order chi connectivity index (χ1) is 15.6. The van der Waals surface area contributed by atoms with Crippen LogP contribution in [-0.4, -0.2) is 54.5 Å². The second kappa shape index (κ2) is 10.7.